The SMILES string of the molecule is CC1CCN(c2nc3ccccn3c(=O)c2/C=N\NC(N)=O)CC1. The lowest BCUT2D eigenvalue weighted by molar-refractivity contribution is 0.249. The number of urea groups is 1. The summed E-state index contributed by atoms with van der Waals surface area (Å²) >= 11 is 0. The number of fused-ring (bicyclic) bond motifs is 1. The molecule has 24 heavy (non-hydrogen) atoms. The molecule has 8 nitrogen and oxygen atoms in total. The van der Waals surface area contributed by atoms with Crippen LogP contribution in [0.1, 0.15) is 25.3 Å². The van der Waals surface area contributed by atoms with Crippen molar-refractivity contribution in [3.63, 3.8) is 0 Å². The van der Waals surface area contributed by atoms with Gasteiger partial charge in [-0.3, -0.25) is 9.20 Å². The number of hydrazone groups is 1. The van der Waals surface area contributed by atoms with Gasteiger partial charge in [-0.05, 0) is 30.9 Å². The van der Waals surface area contributed by atoms with Crippen molar-refractivity contribution in [1.29, 1.82) is 0 Å². The summed E-state index contributed by atoms with van der Waals surface area (Å²) in [5.41, 5.74) is 7.81. The van der Waals surface area contributed by atoms with Gasteiger partial charge in [-0.1, -0.05) is 13.0 Å². The first kappa shape index (κ1) is 16.0. The third-order valence-electron chi connectivity index (χ3n) is 4.20. The van der Waals surface area contributed by atoms with Crippen molar-refractivity contribution in [2.24, 2.45) is 16.8 Å². The van der Waals surface area contributed by atoms with Gasteiger partial charge in [-0.25, -0.2) is 15.2 Å². The van der Waals surface area contributed by atoms with Crippen LogP contribution in [-0.2, 0) is 0 Å². The number of carbonyl (C=O) groups excluding carboxylic acids is 1. The van der Waals surface area contributed by atoms with E-state index in [4.69, 9.17) is 5.73 Å². The number of nitrogens with two attached hydrogens (primary N) is 1. The first-order chi connectivity index (χ1) is 11.6. The second-order valence-corrected chi connectivity index (χ2v) is 5.99. The lowest BCUT2D eigenvalue weighted by Crippen LogP contribution is -2.36. The Labute approximate surface area is 139 Å². The fourth-order valence-corrected chi connectivity index (χ4v) is 2.83. The number of hydrogen-bond acceptors (Lipinski definition) is 5. The molecular formula is C16H20N6O2. The minimum Gasteiger partial charge on any atom is -0.356 e. The van der Waals surface area contributed by atoms with Gasteiger partial charge in [0.25, 0.3) is 5.56 Å². The molecule has 0 radical (unpaired) electrons. The van der Waals surface area contributed by atoms with E-state index in [1.807, 2.05) is 6.07 Å². The molecule has 8 heteroatoms. The monoisotopic (exact) mass is 328 g/mol. The standard InChI is InChI=1S/C16H20N6O2/c1-11-5-8-21(9-6-11)14-12(10-18-20-16(17)24)15(23)22-7-3-2-4-13(22)19-14/h2-4,7,10-11H,5-6,8-9H2,1H3,(H3,17,20,24)/b18-10-. The topological polar surface area (TPSA) is 105 Å². The van der Waals surface area contributed by atoms with Gasteiger partial charge < -0.3 is 10.6 Å². The van der Waals surface area contributed by atoms with Crippen LogP contribution in [0.4, 0.5) is 10.6 Å². The van der Waals surface area contributed by atoms with Gasteiger partial charge in [0.2, 0.25) is 0 Å². The zero-order valence-corrected chi connectivity index (χ0v) is 13.5. The molecule has 126 valence electrons. The highest BCUT2D eigenvalue weighted by molar-refractivity contribution is 5.87. The van der Waals surface area contributed by atoms with Crippen molar-refractivity contribution in [2.45, 2.75) is 19.8 Å². The highest BCUT2D eigenvalue weighted by Crippen LogP contribution is 2.23. The van der Waals surface area contributed by atoms with E-state index in [1.165, 1.54) is 10.6 Å². The molecule has 1 fully saturated rings. The summed E-state index contributed by atoms with van der Waals surface area (Å²) in [4.78, 5) is 30.3. The van der Waals surface area contributed by atoms with Gasteiger partial charge in [0.15, 0.2) is 0 Å². The van der Waals surface area contributed by atoms with Crippen LogP contribution in [0, 0.1) is 5.92 Å². The van der Waals surface area contributed by atoms with Crippen LogP contribution in [0.25, 0.3) is 5.65 Å². The van der Waals surface area contributed by atoms with Crippen molar-refractivity contribution in [2.75, 3.05) is 18.0 Å². The van der Waals surface area contributed by atoms with E-state index in [1.54, 1.807) is 18.3 Å². The molecule has 2 aromatic heterocycles. The summed E-state index contributed by atoms with van der Waals surface area (Å²) in [5.74, 6) is 1.25. The van der Waals surface area contributed by atoms with E-state index in [-0.39, 0.29) is 5.56 Å². The molecule has 3 N–H and O–H groups in total. The van der Waals surface area contributed by atoms with Crippen molar-refractivity contribution >= 4 is 23.7 Å². The molecule has 0 spiro atoms. The highest BCUT2D eigenvalue weighted by Gasteiger charge is 2.21. The Morgan fingerprint density at radius 2 is 2.17 bits per heavy atom. The number of piperidine rings is 1. The molecular weight excluding hydrogens is 308 g/mol. The van der Waals surface area contributed by atoms with Crippen LogP contribution in [0.3, 0.4) is 0 Å². The fraction of sp³-hybridized carbons (Fsp3) is 0.375. The number of anilines is 1. The quantitative estimate of drug-likeness (QED) is 0.646. The molecule has 0 bridgehead atoms. The average molecular weight is 328 g/mol. The largest absolute Gasteiger partial charge is 0.356 e. The van der Waals surface area contributed by atoms with Crippen LogP contribution < -0.4 is 21.6 Å². The Kier molecular flexibility index (Phi) is 4.45. The maximum absolute atomic E-state index is 12.8. The molecule has 3 heterocycles. The van der Waals surface area contributed by atoms with Crippen molar-refractivity contribution in [3.8, 4) is 0 Å². The van der Waals surface area contributed by atoms with E-state index in [0.717, 1.165) is 25.9 Å². The Morgan fingerprint density at radius 3 is 2.88 bits per heavy atom. The number of nitrogens with zero attached hydrogens (tertiary/aromatic N) is 4. The van der Waals surface area contributed by atoms with Crippen LogP contribution in [0.5, 0.6) is 0 Å². The number of amides is 2. The summed E-state index contributed by atoms with van der Waals surface area (Å²) in [6, 6.07) is 4.61. The summed E-state index contributed by atoms with van der Waals surface area (Å²) in [6.45, 7) is 3.89. The Hall–Kier alpha value is -2.90. The summed E-state index contributed by atoms with van der Waals surface area (Å²) in [7, 11) is 0. The first-order valence-electron chi connectivity index (χ1n) is 7.91. The van der Waals surface area contributed by atoms with Gasteiger partial charge in [0, 0.05) is 19.3 Å². The van der Waals surface area contributed by atoms with Crippen LogP contribution >= 0.6 is 0 Å². The van der Waals surface area contributed by atoms with E-state index >= 15 is 0 Å². The zero-order valence-electron chi connectivity index (χ0n) is 13.5. The Bertz CT molecular complexity index is 836. The minimum atomic E-state index is -0.784. The minimum absolute atomic E-state index is 0.232. The number of primary amides is 1. The van der Waals surface area contributed by atoms with E-state index in [9.17, 15) is 9.59 Å². The van der Waals surface area contributed by atoms with Gasteiger partial charge in [0.1, 0.15) is 17.0 Å². The maximum atomic E-state index is 12.8. The Balaban J connectivity index is 2.08. The van der Waals surface area contributed by atoms with Gasteiger partial charge >= 0.3 is 6.03 Å². The van der Waals surface area contributed by atoms with Crippen LogP contribution in [0.2, 0.25) is 0 Å². The molecule has 2 amide bonds. The molecule has 0 unspecified atom stereocenters. The maximum Gasteiger partial charge on any atom is 0.332 e. The van der Waals surface area contributed by atoms with Crippen molar-refractivity contribution in [3.05, 3.63) is 40.3 Å². The molecule has 0 saturated carbocycles. The smallest absolute Gasteiger partial charge is 0.332 e. The van der Waals surface area contributed by atoms with E-state index in [0.29, 0.717) is 22.9 Å². The second-order valence-electron chi connectivity index (χ2n) is 5.99. The number of hydrogen-bond donors (Lipinski definition) is 2. The van der Waals surface area contributed by atoms with Gasteiger partial charge in [-0.15, -0.1) is 0 Å². The average Bonchev–Trinajstić information content (AvgIpc) is 2.57. The van der Waals surface area contributed by atoms with Gasteiger partial charge in [-0.2, -0.15) is 5.10 Å². The summed E-state index contributed by atoms with van der Waals surface area (Å²) in [6.07, 6.45) is 5.07. The molecule has 2 aromatic rings. The number of pyridine rings is 1. The van der Waals surface area contributed by atoms with Crippen LogP contribution in [-0.4, -0.2) is 34.7 Å². The van der Waals surface area contributed by atoms with E-state index in [2.05, 4.69) is 27.3 Å². The lowest BCUT2D eigenvalue weighted by Gasteiger charge is -2.32. The predicted octanol–water partition coefficient (Wildman–Crippen LogP) is 0.933. The molecule has 0 atom stereocenters. The third-order valence-corrected chi connectivity index (χ3v) is 4.20. The van der Waals surface area contributed by atoms with Crippen molar-refractivity contribution in [1.82, 2.24) is 14.8 Å². The number of aromatic nitrogens is 2. The van der Waals surface area contributed by atoms with Crippen molar-refractivity contribution < 1.29 is 4.79 Å². The number of nitrogens with one attached hydrogen (secondary N) is 1. The molecule has 1 aliphatic heterocycles. The van der Waals surface area contributed by atoms with E-state index < -0.39 is 6.03 Å². The fourth-order valence-electron chi connectivity index (χ4n) is 2.83. The predicted molar refractivity (Wildman–Crippen MR) is 92.4 cm³/mol. The summed E-state index contributed by atoms with van der Waals surface area (Å²) < 4.78 is 1.46. The molecule has 1 saturated heterocycles. The lowest BCUT2D eigenvalue weighted by atomic mass is 9.99. The normalized spacial score (nSPS) is 16.0. The van der Waals surface area contributed by atoms with Crippen LogP contribution in [0.15, 0.2) is 34.3 Å². The Morgan fingerprint density at radius 1 is 1.42 bits per heavy atom. The number of rotatable bonds is 3. The highest BCUT2D eigenvalue weighted by atomic mass is 16.2. The molecule has 0 aliphatic carbocycles. The first-order valence-corrected chi connectivity index (χ1v) is 7.91. The summed E-state index contributed by atoms with van der Waals surface area (Å²) in [5, 5.41) is 3.75. The van der Waals surface area contributed by atoms with Gasteiger partial charge in [0.05, 0.1) is 6.21 Å². The molecule has 1 aliphatic rings. The third kappa shape index (κ3) is 3.22. The molecule has 3 rings (SSSR count). The zero-order chi connectivity index (χ0) is 17.1. The second kappa shape index (κ2) is 6.69. The molecule has 0 aromatic carbocycles. The number of carbonyl (C=O) groups is 1.